The first-order valence-electron chi connectivity index (χ1n) is 8.86. The summed E-state index contributed by atoms with van der Waals surface area (Å²) in [7, 11) is 0. The largest absolute Gasteiger partial charge is 0.507 e. The van der Waals surface area contributed by atoms with Gasteiger partial charge in [-0.1, -0.05) is 0 Å². The van der Waals surface area contributed by atoms with Gasteiger partial charge in [0.25, 0.3) is 0 Å². The van der Waals surface area contributed by atoms with E-state index in [2.05, 4.69) is 0 Å². The number of carbonyl (C=O) groups excluding carboxylic acids is 1. The van der Waals surface area contributed by atoms with Crippen molar-refractivity contribution in [3.63, 3.8) is 0 Å². The molecule has 0 heterocycles. The van der Waals surface area contributed by atoms with Crippen LogP contribution in [0.25, 0.3) is 5.76 Å². The van der Waals surface area contributed by atoms with Gasteiger partial charge in [-0.25, -0.2) is 0 Å². The van der Waals surface area contributed by atoms with Gasteiger partial charge in [0.1, 0.15) is 5.76 Å². The molecule has 36 heavy (non-hydrogen) atoms. The lowest BCUT2D eigenvalue weighted by molar-refractivity contribution is -0.146. The van der Waals surface area contributed by atoms with Crippen LogP contribution in [0.1, 0.15) is 33.4 Å². The van der Waals surface area contributed by atoms with Gasteiger partial charge in [-0.3, -0.25) is 4.79 Å². The highest BCUT2D eigenvalue weighted by atomic mass is 19.4. The second-order valence-electron chi connectivity index (χ2n) is 7.06. The van der Waals surface area contributed by atoms with Crippen molar-refractivity contribution in [2.75, 3.05) is 0 Å². The number of alkyl halides is 14. The Morgan fingerprint density at radius 2 is 0.806 bits per heavy atom. The minimum absolute atomic E-state index is 0.154. The zero-order valence-electron chi connectivity index (χ0n) is 16.7. The number of benzene rings is 2. The zero-order chi connectivity index (χ0) is 28.1. The van der Waals surface area contributed by atoms with Crippen LogP contribution in [0.15, 0.2) is 42.5 Å². The van der Waals surface area contributed by atoms with E-state index in [1.165, 1.54) is 0 Å². The highest BCUT2D eigenvalue weighted by molar-refractivity contribution is 6.00. The molecule has 0 saturated heterocycles. The lowest BCUT2D eigenvalue weighted by atomic mass is 9.97. The van der Waals surface area contributed by atoms with E-state index in [4.69, 9.17) is 0 Å². The van der Waals surface area contributed by atoms with Crippen molar-refractivity contribution < 1.29 is 71.4 Å². The lowest BCUT2D eigenvalue weighted by Gasteiger charge is -2.19. The first kappa shape index (κ1) is 28.9. The summed E-state index contributed by atoms with van der Waals surface area (Å²) in [6.45, 7) is 0. The molecule has 198 valence electrons. The van der Waals surface area contributed by atoms with E-state index < -0.39 is 106 Å². The second kappa shape index (κ2) is 8.96. The normalized spacial score (nSPS) is 14.2. The Morgan fingerprint density at radius 1 is 0.528 bits per heavy atom. The molecule has 0 aliphatic carbocycles. The van der Waals surface area contributed by atoms with Gasteiger partial charge < -0.3 is 5.11 Å². The van der Waals surface area contributed by atoms with Crippen LogP contribution in [-0.4, -0.2) is 10.9 Å². The predicted octanol–water partition coefficient (Wildman–Crippen LogP) is 8.02. The third-order valence-electron chi connectivity index (χ3n) is 4.41. The van der Waals surface area contributed by atoms with E-state index in [9.17, 15) is 71.4 Å². The molecule has 2 rings (SSSR count). The van der Waals surface area contributed by atoms with Crippen LogP contribution in [0, 0.1) is 0 Å². The van der Waals surface area contributed by atoms with Gasteiger partial charge in [-0.15, -0.1) is 0 Å². The van der Waals surface area contributed by atoms with Crippen LogP contribution in [0.2, 0.25) is 0 Å². The number of ketones is 1. The average molecular weight is 546 g/mol. The van der Waals surface area contributed by atoms with Crippen molar-refractivity contribution in [3.8, 4) is 0 Å². The van der Waals surface area contributed by atoms with Crippen molar-refractivity contribution in [1.29, 1.82) is 0 Å². The minimum atomic E-state index is -5.58. The fourth-order valence-corrected chi connectivity index (χ4v) is 2.68. The summed E-state index contributed by atoms with van der Waals surface area (Å²) in [6.07, 6.45) is -22.7. The SMILES string of the molecule is O=C(C=C(O)c1cc(C(F)(F)F)cc(C(F)(F)F)c1)C(F)(F)c1cc(C(F)(F)F)cc(C(F)(F)F)c1. The summed E-state index contributed by atoms with van der Waals surface area (Å²) in [5, 5.41) is 9.76. The molecule has 0 spiro atoms. The van der Waals surface area contributed by atoms with Crippen molar-refractivity contribution in [1.82, 2.24) is 0 Å². The van der Waals surface area contributed by atoms with Gasteiger partial charge in [0.05, 0.1) is 22.3 Å². The molecule has 0 atom stereocenters. The molecule has 2 aromatic carbocycles. The molecule has 0 aliphatic heterocycles. The first-order chi connectivity index (χ1) is 15.9. The molecule has 2 nitrogen and oxygen atoms in total. The van der Waals surface area contributed by atoms with E-state index in [0.717, 1.165) is 0 Å². The summed E-state index contributed by atoms with van der Waals surface area (Å²) in [5.41, 5.74) is -12.1. The lowest BCUT2D eigenvalue weighted by Crippen LogP contribution is -2.26. The molecular formula is C20H8F14O2. The number of hydrogen-bond donors (Lipinski definition) is 1. The van der Waals surface area contributed by atoms with E-state index in [1.54, 1.807) is 0 Å². The Balaban J connectivity index is 2.63. The summed E-state index contributed by atoms with van der Waals surface area (Å²) < 4.78 is 184. The van der Waals surface area contributed by atoms with Crippen LogP contribution in [0.4, 0.5) is 61.5 Å². The van der Waals surface area contributed by atoms with Crippen LogP contribution < -0.4 is 0 Å². The third-order valence-corrected chi connectivity index (χ3v) is 4.41. The van der Waals surface area contributed by atoms with Crippen LogP contribution in [-0.2, 0) is 35.4 Å². The molecule has 0 unspecified atom stereocenters. The molecular weight excluding hydrogens is 538 g/mol. The maximum Gasteiger partial charge on any atom is 0.416 e. The smallest absolute Gasteiger partial charge is 0.416 e. The minimum Gasteiger partial charge on any atom is -0.507 e. The summed E-state index contributed by atoms with van der Waals surface area (Å²) in [5.74, 6) is -9.87. The zero-order valence-corrected chi connectivity index (χ0v) is 16.7. The number of aliphatic hydroxyl groups is 1. The van der Waals surface area contributed by atoms with E-state index in [-0.39, 0.29) is 12.1 Å². The van der Waals surface area contributed by atoms with Gasteiger partial charge in [-0.2, -0.15) is 61.5 Å². The number of aliphatic hydroxyl groups excluding tert-OH is 1. The van der Waals surface area contributed by atoms with Crippen molar-refractivity contribution in [2.45, 2.75) is 30.6 Å². The number of halogens is 14. The van der Waals surface area contributed by atoms with Crippen LogP contribution in [0.3, 0.4) is 0 Å². The van der Waals surface area contributed by atoms with Crippen molar-refractivity contribution >= 4 is 11.5 Å². The number of hydrogen-bond acceptors (Lipinski definition) is 2. The Kier molecular flexibility index (Phi) is 7.19. The molecule has 0 aliphatic rings. The summed E-state index contributed by atoms with van der Waals surface area (Å²) >= 11 is 0. The van der Waals surface area contributed by atoms with Crippen molar-refractivity contribution in [3.05, 3.63) is 75.9 Å². The fraction of sp³-hybridized carbons (Fsp3) is 0.250. The monoisotopic (exact) mass is 546 g/mol. The van der Waals surface area contributed by atoms with Gasteiger partial charge in [0, 0.05) is 17.2 Å². The van der Waals surface area contributed by atoms with Crippen LogP contribution >= 0.6 is 0 Å². The van der Waals surface area contributed by atoms with Crippen molar-refractivity contribution in [2.24, 2.45) is 0 Å². The average Bonchev–Trinajstić information content (AvgIpc) is 2.70. The fourth-order valence-electron chi connectivity index (χ4n) is 2.68. The quantitative estimate of drug-likeness (QED) is 0.240. The molecule has 0 aromatic heterocycles. The van der Waals surface area contributed by atoms with Crippen LogP contribution in [0.5, 0.6) is 0 Å². The van der Waals surface area contributed by atoms with E-state index >= 15 is 0 Å². The molecule has 0 amide bonds. The highest BCUT2D eigenvalue weighted by Crippen LogP contribution is 2.41. The van der Waals surface area contributed by atoms with E-state index in [1.807, 2.05) is 0 Å². The molecule has 0 bridgehead atoms. The van der Waals surface area contributed by atoms with Gasteiger partial charge in [0.15, 0.2) is 0 Å². The molecule has 1 N–H and O–H groups in total. The Morgan fingerprint density at radius 3 is 1.11 bits per heavy atom. The first-order valence-corrected chi connectivity index (χ1v) is 8.86. The van der Waals surface area contributed by atoms with E-state index in [0.29, 0.717) is 0 Å². The molecule has 0 fully saturated rings. The maximum absolute atomic E-state index is 14.5. The number of allylic oxidation sites excluding steroid dienone is 1. The Bertz CT molecular complexity index is 1120. The molecule has 0 radical (unpaired) electrons. The highest BCUT2D eigenvalue weighted by Gasteiger charge is 2.45. The molecule has 2 aromatic rings. The maximum atomic E-state index is 14.5. The Hall–Kier alpha value is -3.33. The summed E-state index contributed by atoms with van der Waals surface area (Å²) in [6, 6.07) is -2.25. The standard InChI is InChI=1S/C20H8F14O2/c21-16(22,9-3-12(19(29,30)31)6-13(4-9)20(32,33)34)15(36)7-14(35)8-1-10(17(23,24)25)5-11(2-8)18(26,27)28/h1-7,35H. The number of carbonyl (C=O) groups is 1. The van der Waals surface area contributed by atoms with Gasteiger partial charge in [-0.05, 0) is 36.4 Å². The predicted molar refractivity (Wildman–Crippen MR) is 92.4 cm³/mol. The molecule has 16 heteroatoms. The molecule has 0 saturated carbocycles. The van der Waals surface area contributed by atoms with Gasteiger partial charge in [0.2, 0.25) is 5.78 Å². The Labute approximate surface area is 190 Å². The summed E-state index contributed by atoms with van der Waals surface area (Å²) in [4.78, 5) is 11.9. The van der Waals surface area contributed by atoms with Gasteiger partial charge >= 0.3 is 30.6 Å². The topological polar surface area (TPSA) is 37.3 Å². The number of rotatable bonds is 4. The third kappa shape index (κ3) is 6.46. The second-order valence-corrected chi connectivity index (χ2v) is 7.06.